The second-order valence-corrected chi connectivity index (χ2v) is 6.59. The smallest absolute Gasteiger partial charge is 0.411 e. The molecule has 28 heavy (non-hydrogen) atoms. The molecular weight excluding hydrogens is 352 g/mol. The molecule has 0 saturated heterocycles. The van der Waals surface area contributed by atoms with Gasteiger partial charge in [0.25, 0.3) is 5.91 Å². The van der Waals surface area contributed by atoms with Gasteiger partial charge >= 0.3 is 6.09 Å². The summed E-state index contributed by atoms with van der Waals surface area (Å²) >= 11 is 0. The number of nitrogens with one attached hydrogen (secondary N) is 2. The molecule has 4 rings (SSSR count). The molecule has 5 heteroatoms. The number of carbonyl (C=O) groups excluding carboxylic acids is 2. The summed E-state index contributed by atoms with van der Waals surface area (Å²) in [5.41, 5.74) is 6.70. The van der Waals surface area contributed by atoms with Crippen LogP contribution in [0.1, 0.15) is 28.4 Å². The Hall–Kier alpha value is -3.60. The number of anilines is 2. The van der Waals surface area contributed by atoms with E-state index in [-0.39, 0.29) is 12.5 Å². The fourth-order valence-corrected chi connectivity index (χ4v) is 3.45. The van der Waals surface area contributed by atoms with E-state index < -0.39 is 6.09 Å². The van der Waals surface area contributed by atoms with Gasteiger partial charge in [-0.05, 0) is 65.9 Å². The average molecular weight is 372 g/mol. The Labute approximate surface area is 163 Å². The molecule has 2 amide bonds. The Bertz CT molecular complexity index is 1060. The van der Waals surface area contributed by atoms with Crippen LogP contribution in [-0.2, 0) is 11.2 Å². The Morgan fingerprint density at radius 2 is 1.64 bits per heavy atom. The highest BCUT2D eigenvalue weighted by Crippen LogP contribution is 2.37. The molecule has 0 fully saturated rings. The number of amides is 2. The van der Waals surface area contributed by atoms with Gasteiger partial charge in [-0.2, -0.15) is 0 Å². The van der Waals surface area contributed by atoms with Crippen molar-refractivity contribution in [3.8, 4) is 11.1 Å². The van der Waals surface area contributed by atoms with Crippen molar-refractivity contribution in [2.75, 3.05) is 17.2 Å². The van der Waals surface area contributed by atoms with Gasteiger partial charge in [0.15, 0.2) is 0 Å². The highest BCUT2D eigenvalue weighted by molar-refractivity contribution is 6.05. The molecule has 2 N–H and O–H groups in total. The summed E-state index contributed by atoms with van der Waals surface area (Å²) < 4.78 is 4.86. The second kappa shape index (κ2) is 7.56. The average Bonchev–Trinajstić information content (AvgIpc) is 3.06. The van der Waals surface area contributed by atoms with Crippen molar-refractivity contribution in [1.29, 1.82) is 0 Å². The summed E-state index contributed by atoms with van der Waals surface area (Å²) in [7, 11) is 0. The van der Waals surface area contributed by atoms with E-state index >= 15 is 0 Å². The quantitative estimate of drug-likeness (QED) is 0.525. The van der Waals surface area contributed by atoms with Gasteiger partial charge in [0.05, 0.1) is 6.61 Å². The molecule has 0 radical (unpaired) electrons. The van der Waals surface area contributed by atoms with Crippen LogP contribution in [0.5, 0.6) is 0 Å². The summed E-state index contributed by atoms with van der Waals surface area (Å²) in [6.45, 7) is 2.02. The van der Waals surface area contributed by atoms with E-state index in [1.54, 1.807) is 31.2 Å². The number of hydrogen-bond donors (Lipinski definition) is 2. The molecule has 0 saturated carbocycles. The summed E-state index contributed by atoms with van der Waals surface area (Å²) in [4.78, 5) is 24.2. The third-order valence-corrected chi connectivity index (χ3v) is 4.70. The molecule has 1 aliphatic rings. The zero-order valence-electron chi connectivity index (χ0n) is 15.5. The molecule has 0 aromatic heterocycles. The van der Waals surface area contributed by atoms with E-state index in [0.717, 1.165) is 12.1 Å². The largest absolute Gasteiger partial charge is 0.450 e. The molecule has 1 aliphatic carbocycles. The third-order valence-electron chi connectivity index (χ3n) is 4.70. The van der Waals surface area contributed by atoms with Crippen molar-refractivity contribution in [3.63, 3.8) is 0 Å². The van der Waals surface area contributed by atoms with Crippen molar-refractivity contribution in [2.45, 2.75) is 13.3 Å². The lowest BCUT2D eigenvalue weighted by Gasteiger charge is -2.10. The normalized spacial score (nSPS) is 11.3. The van der Waals surface area contributed by atoms with E-state index in [4.69, 9.17) is 4.74 Å². The Morgan fingerprint density at radius 3 is 2.50 bits per heavy atom. The van der Waals surface area contributed by atoms with Crippen LogP contribution < -0.4 is 10.6 Å². The Morgan fingerprint density at radius 1 is 0.857 bits per heavy atom. The van der Waals surface area contributed by atoms with Crippen molar-refractivity contribution in [1.82, 2.24) is 0 Å². The van der Waals surface area contributed by atoms with Gasteiger partial charge in [-0.3, -0.25) is 10.1 Å². The van der Waals surface area contributed by atoms with Crippen molar-refractivity contribution in [3.05, 3.63) is 83.4 Å². The van der Waals surface area contributed by atoms with Crippen LogP contribution in [0.2, 0.25) is 0 Å². The summed E-state index contributed by atoms with van der Waals surface area (Å²) in [6, 6.07) is 21.1. The Balaban J connectivity index is 1.49. The minimum absolute atomic E-state index is 0.233. The number of fused-ring (bicyclic) bond motifs is 3. The van der Waals surface area contributed by atoms with Crippen LogP contribution in [0.25, 0.3) is 11.1 Å². The van der Waals surface area contributed by atoms with E-state index in [2.05, 4.69) is 28.8 Å². The van der Waals surface area contributed by atoms with Gasteiger partial charge in [-0.15, -0.1) is 0 Å². The maximum Gasteiger partial charge on any atom is 0.411 e. The molecule has 140 valence electrons. The van der Waals surface area contributed by atoms with Gasteiger partial charge in [0.1, 0.15) is 0 Å². The van der Waals surface area contributed by atoms with E-state index in [1.807, 2.05) is 24.3 Å². The van der Waals surface area contributed by atoms with Crippen molar-refractivity contribution in [2.24, 2.45) is 0 Å². The molecule has 0 bridgehead atoms. The van der Waals surface area contributed by atoms with E-state index in [9.17, 15) is 9.59 Å². The first-order valence-electron chi connectivity index (χ1n) is 9.20. The summed E-state index contributed by atoms with van der Waals surface area (Å²) in [6.07, 6.45) is 0.326. The van der Waals surface area contributed by atoms with Crippen molar-refractivity contribution < 1.29 is 14.3 Å². The maximum absolute atomic E-state index is 12.6. The number of rotatable bonds is 4. The first-order valence-corrected chi connectivity index (χ1v) is 9.20. The van der Waals surface area contributed by atoms with Gasteiger partial charge in [-0.25, -0.2) is 4.79 Å². The zero-order chi connectivity index (χ0) is 19.5. The van der Waals surface area contributed by atoms with E-state index in [1.165, 1.54) is 22.3 Å². The molecule has 3 aromatic rings. The predicted molar refractivity (Wildman–Crippen MR) is 110 cm³/mol. The number of benzene rings is 3. The first kappa shape index (κ1) is 17.8. The van der Waals surface area contributed by atoms with Crippen LogP contribution in [0, 0.1) is 0 Å². The molecule has 5 nitrogen and oxygen atoms in total. The van der Waals surface area contributed by atoms with Crippen LogP contribution >= 0.6 is 0 Å². The van der Waals surface area contributed by atoms with Crippen LogP contribution in [-0.4, -0.2) is 18.6 Å². The molecule has 0 atom stereocenters. The summed E-state index contributed by atoms with van der Waals surface area (Å²) in [5, 5.41) is 5.54. The molecule has 0 spiro atoms. The SMILES string of the molecule is CCOC(=O)Nc1cccc(C(=O)Nc2ccc3c(c2)Cc2ccccc2-3)c1. The Kier molecular flexibility index (Phi) is 4.81. The molecule has 3 aromatic carbocycles. The first-order chi connectivity index (χ1) is 13.6. The van der Waals surface area contributed by atoms with Gasteiger partial charge in [0, 0.05) is 16.9 Å². The van der Waals surface area contributed by atoms with Crippen LogP contribution in [0.4, 0.5) is 16.2 Å². The lowest BCUT2D eigenvalue weighted by Crippen LogP contribution is -2.15. The van der Waals surface area contributed by atoms with Gasteiger partial charge in [0.2, 0.25) is 0 Å². The monoisotopic (exact) mass is 372 g/mol. The van der Waals surface area contributed by atoms with Gasteiger partial charge in [-0.1, -0.05) is 36.4 Å². The third kappa shape index (κ3) is 3.60. The molecule has 0 heterocycles. The minimum atomic E-state index is -0.543. The second-order valence-electron chi connectivity index (χ2n) is 6.59. The minimum Gasteiger partial charge on any atom is -0.450 e. The predicted octanol–water partition coefficient (Wildman–Crippen LogP) is 5.08. The molecular formula is C23H20N2O3. The lowest BCUT2D eigenvalue weighted by molar-refractivity contribution is 0.102. The van der Waals surface area contributed by atoms with E-state index in [0.29, 0.717) is 11.3 Å². The van der Waals surface area contributed by atoms with Crippen LogP contribution in [0.3, 0.4) is 0 Å². The highest BCUT2D eigenvalue weighted by atomic mass is 16.5. The highest BCUT2D eigenvalue weighted by Gasteiger charge is 2.18. The van der Waals surface area contributed by atoms with Gasteiger partial charge < -0.3 is 10.1 Å². The number of carbonyl (C=O) groups is 2. The number of ether oxygens (including phenoxy) is 1. The number of hydrogen-bond acceptors (Lipinski definition) is 3. The topological polar surface area (TPSA) is 67.4 Å². The lowest BCUT2D eigenvalue weighted by atomic mass is 10.1. The standard InChI is InChI=1S/C23H20N2O3/c1-2-28-23(27)25-18-8-5-7-16(13-18)22(26)24-19-10-11-21-17(14-19)12-15-6-3-4-9-20(15)21/h3-11,13-14H,2,12H2,1H3,(H,24,26)(H,25,27). The maximum atomic E-state index is 12.6. The molecule has 0 unspecified atom stereocenters. The van der Waals surface area contributed by atoms with Crippen LogP contribution in [0.15, 0.2) is 66.7 Å². The zero-order valence-corrected chi connectivity index (χ0v) is 15.5. The van der Waals surface area contributed by atoms with Crippen molar-refractivity contribution >= 4 is 23.4 Å². The summed E-state index contributed by atoms with van der Waals surface area (Å²) in [5.74, 6) is -0.233. The fraction of sp³-hybridized carbons (Fsp3) is 0.130. The fourth-order valence-electron chi connectivity index (χ4n) is 3.45. The molecule has 0 aliphatic heterocycles.